The average molecular weight is 278 g/mol. The second-order valence-corrected chi connectivity index (χ2v) is 5.91. The molecule has 0 aromatic heterocycles. The Kier molecular flexibility index (Phi) is 5.18. The largest absolute Gasteiger partial charge is 0.329 e. The summed E-state index contributed by atoms with van der Waals surface area (Å²) in [6.45, 7) is 1.48. The maximum Gasteiger partial charge on any atom is 0.216 e. The van der Waals surface area contributed by atoms with Gasteiger partial charge in [0.05, 0.1) is 5.25 Å². The van der Waals surface area contributed by atoms with Crippen LogP contribution in [0.25, 0.3) is 0 Å². The highest BCUT2D eigenvalue weighted by molar-refractivity contribution is 7.90. The average Bonchev–Trinajstić information content (AvgIpc) is 2.29. The molecule has 0 aliphatic heterocycles. The Morgan fingerprint density at radius 3 is 2.56 bits per heavy atom. The van der Waals surface area contributed by atoms with Gasteiger partial charge in [-0.1, -0.05) is 13.0 Å². The molecule has 0 bridgehead atoms. The molecule has 0 aliphatic carbocycles. The van der Waals surface area contributed by atoms with E-state index in [1.54, 1.807) is 6.92 Å². The van der Waals surface area contributed by atoms with Gasteiger partial charge in [0.25, 0.3) is 0 Å². The van der Waals surface area contributed by atoms with Gasteiger partial charge in [-0.05, 0) is 12.5 Å². The molecule has 0 aliphatic rings. The minimum atomic E-state index is -3.58. The van der Waals surface area contributed by atoms with Crippen molar-refractivity contribution >= 4 is 10.0 Å². The predicted octanol–water partition coefficient (Wildman–Crippen LogP) is 1.12. The molecular formula is C11H16F2N2O2S. The predicted molar refractivity (Wildman–Crippen MR) is 65.3 cm³/mol. The van der Waals surface area contributed by atoms with E-state index in [4.69, 9.17) is 5.73 Å². The van der Waals surface area contributed by atoms with Gasteiger partial charge in [0.2, 0.25) is 10.0 Å². The first-order chi connectivity index (χ1) is 8.40. The third kappa shape index (κ3) is 3.72. The van der Waals surface area contributed by atoms with Gasteiger partial charge in [0.1, 0.15) is 11.6 Å². The minimum absolute atomic E-state index is 0.00225. The van der Waals surface area contributed by atoms with Crippen molar-refractivity contribution in [1.82, 2.24) is 4.72 Å². The molecule has 0 radical (unpaired) electrons. The monoisotopic (exact) mass is 278 g/mol. The van der Waals surface area contributed by atoms with Crippen molar-refractivity contribution in [2.24, 2.45) is 5.73 Å². The number of halogens is 2. The normalized spacial score (nSPS) is 13.6. The van der Waals surface area contributed by atoms with E-state index in [-0.39, 0.29) is 18.7 Å². The third-order valence-corrected chi connectivity index (χ3v) is 4.59. The number of nitrogens with one attached hydrogen (secondary N) is 1. The Bertz CT molecular complexity index is 502. The summed E-state index contributed by atoms with van der Waals surface area (Å²) in [5.74, 6) is -1.48. The molecule has 0 amide bonds. The number of sulfonamides is 1. The second-order valence-electron chi connectivity index (χ2n) is 3.87. The van der Waals surface area contributed by atoms with Gasteiger partial charge < -0.3 is 5.73 Å². The van der Waals surface area contributed by atoms with Crippen molar-refractivity contribution in [3.05, 3.63) is 35.4 Å². The second kappa shape index (κ2) is 6.21. The van der Waals surface area contributed by atoms with E-state index in [1.807, 2.05) is 0 Å². The number of nitrogens with two attached hydrogens (primary N) is 1. The van der Waals surface area contributed by atoms with Crippen LogP contribution in [0.2, 0.25) is 0 Å². The van der Waals surface area contributed by atoms with Crippen LogP contribution >= 0.6 is 0 Å². The molecule has 1 unspecified atom stereocenters. The van der Waals surface area contributed by atoms with Gasteiger partial charge in [-0.25, -0.2) is 21.9 Å². The van der Waals surface area contributed by atoms with Crippen molar-refractivity contribution < 1.29 is 17.2 Å². The fourth-order valence-corrected chi connectivity index (χ4v) is 2.76. The van der Waals surface area contributed by atoms with Crippen LogP contribution in [0.5, 0.6) is 0 Å². The van der Waals surface area contributed by atoms with E-state index in [2.05, 4.69) is 4.72 Å². The summed E-state index contributed by atoms with van der Waals surface area (Å²) in [7, 11) is -3.58. The zero-order valence-corrected chi connectivity index (χ0v) is 10.8. The highest BCUT2D eigenvalue weighted by atomic mass is 32.2. The first-order valence-electron chi connectivity index (χ1n) is 5.53. The quantitative estimate of drug-likeness (QED) is 0.819. The molecule has 0 saturated carbocycles. The molecule has 1 rings (SSSR count). The van der Waals surface area contributed by atoms with E-state index < -0.39 is 26.9 Å². The lowest BCUT2D eigenvalue weighted by Crippen LogP contribution is -2.38. The van der Waals surface area contributed by atoms with Crippen molar-refractivity contribution in [3.8, 4) is 0 Å². The molecule has 1 atom stereocenters. The van der Waals surface area contributed by atoms with Gasteiger partial charge in [-0.15, -0.1) is 0 Å². The molecular weight excluding hydrogens is 262 g/mol. The third-order valence-electron chi connectivity index (χ3n) is 2.64. The fourth-order valence-electron chi connectivity index (χ4n) is 1.47. The van der Waals surface area contributed by atoms with Crippen LogP contribution in [0.4, 0.5) is 8.78 Å². The summed E-state index contributed by atoms with van der Waals surface area (Å²) >= 11 is 0. The maximum absolute atomic E-state index is 13.3. The summed E-state index contributed by atoms with van der Waals surface area (Å²) in [6, 6.07) is 2.99. The Balaban J connectivity index is 2.76. The number of hydrogen-bond acceptors (Lipinski definition) is 3. The molecule has 7 heteroatoms. The standard InChI is InChI=1S/C11H16F2N2O2S/c1-2-10(6-14)18(16,17)15-7-8-3-4-9(12)5-11(8)13/h3-5,10,15H,2,6-7,14H2,1H3. The van der Waals surface area contributed by atoms with E-state index in [0.717, 1.165) is 6.07 Å². The fraction of sp³-hybridized carbons (Fsp3) is 0.455. The van der Waals surface area contributed by atoms with Gasteiger partial charge in [0.15, 0.2) is 0 Å². The lowest BCUT2D eigenvalue weighted by atomic mass is 10.2. The molecule has 0 spiro atoms. The summed E-state index contributed by atoms with van der Waals surface area (Å²) < 4.78 is 51.7. The van der Waals surface area contributed by atoms with Crippen LogP contribution in [0.1, 0.15) is 18.9 Å². The molecule has 0 heterocycles. The summed E-state index contributed by atoms with van der Waals surface area (Å²) in [4.78, 5) is 0. The number of benzene rings is 1. The van der Waals surface area contributed by atoms with Gasteiger partial charge >= 0.3 is 0 Å². The van der Waals surface area contributed by atoms with Gasteiger partial charge in [-0.2, -0.15) is 0 Å². The van der Waals surface area contributed by atoms with E-state index in [1.165, 1.54) is 6.07 Å². The van der Waals surface area contributed by atoms with Crippen LogP contribution in [-0.2, 0) is 16.6 Å². The Hall–Kier alpha value is -1.05. The van der Waals surface area contributed by atoms with Crippen LogP contribution < -0.4 is 10.5 Å². The van der Waals surface area contributed by atoms with Crippen LogP contribution in [-0.4, -0.2) is 20.2 Å². The zero-order chi connectivity index (χ0) is 13.8. The van der Waals surface area contributed by atoms with Crippen LogP contribution in [0, 0.1) is 11.6 Å². The molecule has 1 aromatic carbocycles. The summed E-state index contributed by atoms with van der Waals surface area (Å²) in [5.41, 5.74) is 5.43. The van der Waals surface area contributed by atoms with Crippen molar-refractivity contribution in [3.63, 3.8) is 0 Å². The van der Waals surface area contributed by atoms with E-state index in [0.29, 0.717) is 12.5 Å². The van der Waals surface area contributed by atoms with Crippen molar-refractivity contribution in [2.45, 2.75) is 25.1 Å². The summed E-state index contributed by atoms with van der Waals surface area (Å²) in [5, 5.41) is -0.707. The number of rotatable bonds is 6. The first-order valence-corrected chi connectivity index (χ1v) is 7.07. The Labute approximate surface area is 105 Å². The SMILES string of the molecule is CCC(CN)S(=O)(=O)NCc1ccc(F)cc1F. The van der Waals surface area contributed by atoms with E-state index in [9.17, 15) is 17.2 Å². The minimum Gasteiger partial charge on any atom is -0.329 e. The first kappa shape index (κ1) is 15.0. The van der Waals surface area contributed by atoms with Gasteiger partial charge in [0, 0.05) is 24.7 Å². The van der Waals surface area contributed by atoms with Crippen LogP contribution in [0.15, 0.2) is 18.2 Å². The van der Waals surface area contributed by atoms with Gasteiger partial charge in [-0.3, -0.25) is 0 Å². The molecule has 3 N–H and O–H groups in total. The lowest BCUT2D eigenvalue weighted by molar-refractivity contribution is 0.552. The molecule has 1 aromatic rings. The Morgan fingerprint density at radius 2 is 2.06 bits per heavy atom. The topological polar surface area (TPSA) is 72.2 Å². The maximum atomic E-state index is 13.3. The highest BCUT2D eigenvalue weighted by Crippen LogP contribution is 2.10. The lowest BCUT2D eigenvalue weighted by Gasteiger charge is -2.14. The molecule has 18 heavy (non-hydrogen) atoms. The highest BCUT2D eigenvalue weighted by Gasteiger charge is 2.22. The molecule has 0 fully saturated rings. The summed E-state index contributed by atoms with van der Waals surface area (Å²) in [6.07, 6.45) is 0.373. The molecule has 0 saturated heterocycles. The molecule has 4 nitrogen and oxygen atoms in total. The number of hydrogen-bond donors (Lipinski definition) is 2. The van der Waals surface area contributed by atoms with Crippen molar-refractivity contribution in [2.75, 3.05) is 6.54 Å². The smallest absolute Gasteiger partial charge is 0.216 e. The van der Waals surface area contributed by atoms with E-state index >= 15 is 0 Å². The Morgan fingerprint density at radius 1 is 1.39 bits per heavy atom. The van der Waals surface area contributed by atoms with Crippen LogP contribution in [0.3, 0.4) is 0 Å². The zero-order valence-electron chi connectivity index (χ0n) is 9.99. The van der Waals surface area contributed by atoms with Crippen molar-refractivity contribution in [1.29, 1.82) is 0 Å². The molecule has 102 valence electrons.